The van der Waals surface area contributed by atoms with E-state index in [4.69, 9.17) is 4.74 Å². The first-order chi connectivity index (χ1) is 12.8. The number of likely N-dealkylation sites (N-methyl/N-ethyl adjacent to an activating group) is 1. The van der Waals surface area contributed by atoms with Crippen molar-refractivity contribution in [1.29, 1.82) is 0 Å². The van der Waals surface area contributed by atoms with Gasteiger partial charge in [-0.25, -0.2) is 8.78 Å². The quantitative estimate of drug-likeness (QED) is 0.870. The van der Waals surface area contributed by atoms with Crippen molar-refractivity contribution in [2.45, 2.75) is 25.6 Å². The lowest BCUT2D eigenvalue weighted by Gasteiger charge is -2.28. The Bertz CT molecular complexity index is 789. The van der Waals surface area contributed by atoms with E-state index < -0.39 is 17.2 Å². The molecule has 0 fully saturated rings. The first-order valence-electron chi connectivity index (χ1n) is 9.05. The van der Waals surface area contributed by atoms with Crippen LogP contribution in [-0.4, -0.2) is 48.7 Å². The maximum atomic E-state index is 14.0. The van der Waals surface area contributed by atoms with Crippen LogP contribution in [0.4, 0.5) is 8.78 Å². The highest BCUT2D eigenvalue weighted by atomic mass is 19.1. The van der Waals surface area contributed by atoms with Crippen molar-refractivity contribution < 1.29 is 18.6 Å². The fourth-order valence-corrected chi connectivity index (χ4v) is 3.53. The molecule has 3 rings (SSSR count). The van der Waals surface area contributed by atoms with Crippen molar-refractivity contribution in [2.75, 3.05) is 33.8 Å². The van der Waals surface area contributed by atoms with Crippen molar-refractivity contribution in [1.82, 2.24) is 9.80 Å². The van der Waals surface area contributed by atoms with Crippen LogP contribution in [-0.2, 0) is 18.7 Å². The molecule has 0 spiro atoms. The summed E-state index contributed by atoms with van der Waals surface area (Å²) < 4.78 is 33.8. The number of fused-ring (bicyclic) bond motifs is 1. The lowest BCUT2D eigenvalue weighted by Crippen LogP contribution is -2.34. The molecular formula is C21H26F2N2O2. The molecule has 1 aliphatic heterocycles. The standard InChI is InChI=1S/C21H26F2N2O2/c1-21(26,14-24(2)3)16-7-8-20-15(11-16)12-25(9-10-27-20)13-17-18(22)5-4-6-19(17)23/h4-8,11,26H,9-10,12-14H2,1-3H3/t21-/m0/s1. The zero-order valence-corrected chi connectivity index (χ0v) is 16.0. The van der Waals surface area contributed by atoms with E-state index in [1.54, 1.807) is 6.92 Å². The molecule has 1 N–H and O–H groups in total. The molecule has 27 heavy (non-hydrogen) atoms. The molecule has 2 aromatic carbocycles. The minimum absolute atomic E-state index is 0.0664. The van der Waals surface area contributed by atoms with Crippen LogP contribution in [0, 0.1) is 11.6 Å². The van der Waals surface area contributed by atoms with Crippen LogP contribution in [0.15, 0.2) is 36.4 Å². The minimum Gasteiger partial charge on any atom is -0.492 e. The van der Waals surface area contributed by atoms with Gasteiger partial charge in [0.1, 0.15) is 24.0 Å². The molecular weight excluding hydrogens is 350 g/mol. The molecule has 1 atom stereocenters. The van der Waals surface area contributed by atoms with E-state index in [9.17, 15) is 13.9 Å². The molecule has 0 amide bonds. The SMILES string of the molecule is CN(C)C[C@](C)(O)c1ccc2c(c1)CN(Cc1c(F)cccc1F)CCO2. The topological polar surface area (TPSA) is 35.9 Å². The van der Waals surface area contributed by atoms with Crippen LogP contribution in [0.1, 0.15) is 23.6 Å². The molecule has 2 aromatic rings. The molecule has 146 valence electrons. The van der Waals surface area contributed by atoms with E-state index in [0.717, 1.165) is 16.9 Å². The van der Waals surface area contributed by atoms with Gasteiger partial charge in [0.25, 0.3) is 0 Å². The summed E-state index contributed by atoms with van der Waals surface area (Å²) in [6.07, 6.45) is 0. The lowest BCUT2D eigenvalue weighted by atomic mass is 9.93. The average molecular weight is 376 g/mol. The fraction of sp³-hybridized carbons (Fsp3) is 0.429. The Hall–Kier alpha value is -2.02. The molecule has 1 aliphatic rings. The first-order valence-corrected chi connectivity index (χ1v) is 9.05. The van der Waals surface area contributed by atoms with E-state index in [1.807, 2.05) is 42.1 Å². The summed E-state index contributed by atoms with van der Waals surface area (Å²) in [6.45, 7) is 3.92. The van der Waals surface area contributed by atoms with E-state index in [2.05, 4.69) is 0 Å². The maximum Gasteiger partial charge on any atom is 0.130 e. The predicted molar refractivity (Wildman–Crippen MR) is 101 cm³/mol. The largest absolute Gasteiger partial charge is 0.492 e. The number of hydrogen-bond donors (Lipinski definition) is 1. The number of aliphatic hydroxyl groups is 1. The zero-order valence-electron chi connectivity index (χ0n) is 16.0. The van der Waals surface area contributed by atoms with Gasteiger partial charge in [-0.05, 0) is 50.8 Å². The number of halogens is 2. The second kappa shape index (κ2) is 7.92. The van der Waals surface area contributed by atoms with Gasteiger partial charge >= 0.3 is 0 Å². The molecule has 0 radical (unpaired) electrons. The molecule has 0 aromatic heterocycles. The molecule has 4 nitrogen and oxygen atoms in total. The molecule has 0 bridgehead atoms. The lowest BCUT2D eigenvalue weighted by molar-refractivity contribution is 0.0299. The number of hydrogen-bond acceptors (Lipinski definition) is 4. The Balaban J connectivity index is 1.84. The number of nitrogens with zero attached hydrogens (tertiary/aromatic N) is 2. The van der Waals surface area contributed by atoms with Gasteiger partial charge in [-0.3, -0.25) is 4.90 Å². The normalized spacial score (nSPS) is 17.1. The Morgan fingerprint density at radius 1 is 1.19 bits per heavy atom. The summed E-state index contributed by atoms with van der Waals surface area (Å²) in [5.41, 5.74) is 0.753. The second-order valence-corrected chi connectivity index (χ2v) is 7.59. The average Bonchev–Trinajstić information content (AvgIpc) is 2.78. The molecule has 1 heterocycles. The van der Waals surface area contributed by atoms with Crippen molar-refractivity contribution in [3.8, 4) is 5.75 Å². The maximum absolute atomic E-state index is 14.0. The van der Waals surface area contributed by atoms with E-state index in [1.165, 1.54) is 18.2 Å². The first kappa shape index (κ1) is 19.7. The third-order valence-corrected chi connectivity index (χ3v) is 4.81. The Morgan fingerprint density at radius 3 is 2.56 bits per heavy atom. The van der Waals surface area contributed by atoms with Gasteiger partial charge < -0.3 is 14.7 Å². The smallest absolute Gasteiger partial charge is 0.130 e. The zero-order chi connectivity index (χ0) is 19.6. The summed E-state index contributed by atoms with van der Waals surface area (Å²) in [7, 11) is 3.82. The van der Waals surface area contributed by atoms with Gasteiger partial charge in [-0.1, -0.05) is 12.1 Å². The van der Waals surface area contributed by atoms with Crippen LogP contribution in [0.2, 0.25) is 0 Å². The van der Waals surface area contributed by atoms with Gasteiger partial charge in [0, 0.05) is 37.3 Å². The fourth-order valence-electron chi connectivity index (χ4n) is 3.53. The molecule has 0 saturated carbocycles. The minimum atomic E-state index is -1.01. The van der Waals surface area contributed by atoms with Gasteiger partial charge in [0.15, 0.2) is 0 Å². The van der Waals surface area contributed by atoms with Gasteiger partial charge in [-0.15, -0.1) is 0 Å². The monoisotopic (exact) mass is 376 g/mol. The van der Waals surface area contributed by atoms with E-state index in [-0.39, 0.29) is 12.1 Å². The summed E-state index contributed by atoms with van der Waals surface area (Å²) in [5.74, 6) is -0.331. The number of rotatable bonds is 5. The van der Waals surface area contributed by atoms with E-state index in [0.29, 0.717) is 26.2 Å². The molecule has 0 saturated heterocycles. The van der Waals surface area contributed by atoms with Crippen molar-refractivity contribution in [2.24, 2.45) is 0 Å². The van der Waals surface area contributed by atoms with Crippen LogP contribution < -0.4 is 4.74 Å². The summed E-state index contributed by atoms with van der Waals surface area (Å²) >= 11 is 0. The molecule has 0 unspecified atom stereocenters. The van der Waals surface area contributed by atoms with Crippen LogP contribution in [0.3, 0.4) is 0 Å². The van der Waals surface area contributed by atoms with Gasteiger partial charge in [0.05, 0.1) is 5.60 Å². The highest BCUT2D eigenvalue weighted by Crippen LogP contribution is 2.30. The summed E-state index contributed by atoms with van der Waals surface area (Å²) in [6, 6.07) is 9.58. The van der Waals surface area contributed by atoms with Crippen LogP contribution in [0.25, 0.3) is 0 Å². The number of benzene rings is 2. The predicted octanol–water partition coefficient (Wildman–Crippen LogP) is 3.13. The van der Waals surface area contributed by atoms with E-state index >= 15 is 0 Å². The van der Waals surface area contributed by atoms with Gasteiger partial charge in [-0.2, -0.15) is 0 Å². The highest BCUT2D eigenvalue weighted by molar-refractivity contribution is 5.40. The summed E-state index contributed by atoms with van der Waals surface area (Å²) in [4.78, 5) is 3.88. The van der Waals surface area contributed by atoms with Crippen LogP contribution in [0.5, 0.6) is 5.75 Å². The summed E-state index contributed by atoms with van der Waals surface area (Å²) in [5, 5.41) is 10.8. The Labute approximate surface area is 159 Å². The molecule has 0 aliphatic carbocycles. The van der Waals surface area contributed by atoms with Crippen molar-refractivity contribution in [3.63, 3.8) is 0 Å². The van der Waals surface area contributed by atoms with Crippen LogP contribution >= 0.6 is 0 Å². The van der Waals surface area contributed by atoms with Crippen molar-refractivity contribution in [3.05, 3.63) is 64.7 Å². The third-order valence-electron chi connectivity index (χ3n) is 4.81. The highest BCUT2D eigenvalue weighted by Gasteiger charge is 2.26. The molecule has 6 heteroatoms. The number of ether oxygens (including phenoxy) is 1. The van der Waals surface area contributed by atoms with Gasteiger partial charge in [0.2, 0.25) is 0 Å². The van der Waals surface area contributed by atoms with Crippen molar-refractivity contribution >= 4 is 0 Å². The second-order valence-electron chi connectivity index (χ2n) is 7.59. The third kappa shape index (κ3) is 4.64. The Kier molecular flexibility index (Phi) is 5.79. The Morgan fingerprint density at radius 2 is 1.89 bits per heavy atom.